The maximum absolute atomic E-state index is 6.06. The number of ether oxygens (including phenoxy) is 1. The molecule has 0 aromatic heterocycles. The molecule has 1 aliphatic rings. The van der Waals surface area contributed by atoms with Crippen LogP contribution in [0, 0.1) is 0 Å². The van der Waals surface area contributed by atoms with Gasteiger partial charge in [0.2, 0.25) is 0 Å². The van der Waals surface area contributed by atoms with Gasteiger partial charge in [-0.25, -0.2) is 0 Å². The van der Waals surface area contributed by atoms with Gasteiger partial charge in [-0.1, -0.05) is 25.8 Å². The maximum atomic E-state index is 6.06. The lowest BCUT2D eigenvalue weighted by atomic mass is 10.1. The first-order valence-electron chi connectivity index (χ1n) is 6.52. The van der Waals surface area contributed by atoms with Crippen molar-refractivity contribution in [2.24, 2.45) is 0 Å². The SMILES string of the molecule is CCCCCN1CC(C)Oc2cccc(N)c21. The topological polar surface area (TPSA) is 38.5 Å². The van der Waals surface area contributed by atoms with Gasteiger partial charge in [0.25, 0.3) is 0 Å². The van der Waals surface area contributed by atoms with E-state index < -0.39 is 0 Å². The van der Waals surface area contributed by atoms with Crippen molar-refractivity contribution in [2.45, 2.75) is 39.2 Å². The minimum atomic E-state index is 0.242. The van der Waals surface area contributed by atoms with Gasteiger partial charge in [-0.2, -0.15) is 0 Å². The van der Waals surface area contributed by atoms with Crippen LogP contribution in [0.2, 0.25) is 0 Å². The molecule has 0 saturated carbocycles. The average Bonchev–Trinajstić information content (AvgIpc) is 2.28. The summed E-state index contributed by atoms with van der Waals surface area (Å²) in [7, 11) is 0. The highest BCUT2D eigenvalue weighted by atomic mass is 16.5. The Balaban J connectivity index is 2.17. The molecule has 17 heavy (non-hydrogen) atoms. The Kier molecular flexibility index (Phi) is 3.77. The molecular formula is C14H22N2O. The Morgan fingerprint density at radius 1 is 1.41 bits per heavy atom. The van der Waals surface area contributed by atoms with E-state index in [1.807, 2.05) is 18.2 Å². The monoisotopic (exact) mass is 234 g/mol. The molecule has 3 nitrogen and oxygen atoms in total. The van der Waals surface area contributed by atoms with Crippen molar-refractivity contribution in [1.82, 2.24) is 0 Å². The van der Waals surface area contributed by atoms with E-state index in [9.17, 15) is 0 Å². The number of nitrogen functional groups attached to an aromatic ring is 1. The first-order chi connectivity index (χ1) is 8.22. The first kappa shape index (κ1) is 12.1. The van der Waals surface area contributed by atoms with Crippen LogP contribution < -0.4 is 15.4 Å². The lowest BCUT2D eigenvalue weighted by Crippen LogP contribution is -2.39. The second-order valence-corrected chi connectivity index (χ2v) is 4.78. The summed E-state index contributed by atoms with van der Waals surface area (Å²) in [4.78, 5) is 2.37. The van der Waals surface area contributed by atoms with Crippen molar-refractivity contribution >= 4 is 11.4 Å². The van der Waals surface area contributed by atoms with E-state index in [4.69, 9.17) is 10.5 Å². The third-order valence-corrected chi connectivity index (χ3v) is 3.18. The zero-order chi connectivity index (χ0) is 12.3. The summed E-state index contributed by atoms with van der Waals surface area (Å²) >= 11 is 0. The Bertz CT molecular complexity index is 378. The largest absolute Gasteiger partial charge is 0.487 e. The van der Waals surface area contributed by atoms with Crippen LogP contribution in [0.1, 0.15) is 33.1 Å². The highest BCUT2D eigenvalue weighted by Gasteiger charge is 2.24. The number of anilines is 2. The standard InChI is InChI=1S/C14H22N2O/c1-3-4-5-9-16-10-11(2)17-13-8-6-7-12(15)14(13)16/h6-8,11H,3-5,9-10,15H2,1-2H3. The lowest BCUT2D eigenvalue weighted by Gasteiger charge is -2.35. The molecule has 1 heterocycles. The quantitative estimate of drug-likeness (QED) is 0.643. The number of nitrogens with two attached hydrogens (primary N) is 1. The van der Waals surface area contributed by atoms with Gasteiger partial charge in [0.15, 0.2) is 0 Å². The summed E-state index contributed by atoms with van der Waals surface area (Å²) in [5.74, 6) is 0.931. The Hall–Kier alpha value is -1.38. The third-order valence-electron chi connectivity index (χ3n) is 3.18. The van der Waals surface area contributed by atoms with Gasteiger partial charge in [-0.05, 0) is 25.5 Å². The summed E-state index contributed by atoms with van der Waals surface area (Å²) in [6.07, 6.45) is 3.98. The van der Waals surface area contributed by atoms with E-state index in [-0.39, 0.29) is 6.10 Å². The van der Waals surface area contributed by atoms with Crippen molar-refractivity contribution in [1.29, 1.82) is 0 Å². The van der Waals surface area contributed by atoms with Gasteiger partial charge >= 0.3 is 0 Å². The van der Waals surface area contributed by atoms with Crippen molar-refractivity contribution in [3.8, 4) is 5.75 Å². The molecule has 94 valence electrons. The molecule has 2 rings (SSSR count). The van der Waals surface area contributed by atoms with Crippen molar-refractivity contribution in [3.63, 3.8) is 0 Å². The number of hydrogen-bond donors (Lipinski definition) is 1. The first-order valence-corrected chi connectivity index (χ1v) is 6.52. The van der Waals surface area contributed by atoms with Crippen LogP contribution in [-0.2, 0) is 0 Å². The van der Waals surface area contributed by atoms with Crippen molar-refractivity contribution in [3.05, 3.63) is 18.2 Å². The highest BCUT2D eigenvalue weighted by molar-refractivity contribution is 5.75. The molecule has 0 aliphatic carbocycles. The van der Waals surface area contributed by atoms with Gasteiger partial charge in [-0.15, -0.1) is 0 Å². The summed E-state index contributed by atoms with van der Waals surface area (Å²) in [5.41, 5.74) is 7.97. The molecular weight excluding hydrogens is 212 g/mol. The second kappa shape index (κ2) is 5.30. The van der Waals surface area contributed by atoms with E-state index in [1.165, 1.54) is 19.3 Å². The molecule has 1 unspecified atom stereocenters. The fourth-order valence-electron chi connectivity index (χ4n) is 2.38. The van der Waals surface area contributed by atoms with Crippen molar-refractivity contribution in [2.75, 3.05) is 23.7 Å². The van der Waals surface area contributed by atoms with Crippen LogP contribution in [0.15, 0.2) is 18.2 Å². The molecule has 1 aliphatic heterocycles. The van der Waals surface area contributed by atoms with E-state index >= 15 is 0 Å². The Morgan fingerprint density at radius 2 is 2.24 bits per heavy atom. The predicted molar refractivity (Wildman–Crippen MR) is 72.7 cm³/mol. The molecule has 1 atom stereocenters. The summed E-state index contributed by atoms with van der Waals surface area (Å²) < 4.78 is 5.83. The molecule has 0 spiro atoms. The predicted octanol–water partition coefficient (Wildman–Crippen LogP) is 3.05. The van der Waals surface area contributed by atoms with Crippen LogP contribution in [0.3, 0.4) is 0 Å². The zero-order valence-corrected chi connectivity index (χ0v) is 10.8. The Morgan fingerprint density at radius 3 is 3.00 bits per heavy atom. The fraction of sp³-hybridized carbons (Fsp3) is 0.571. The van der Waals surface area contributed by atoms with E-state index in [0.717, 1.165) is 30.2 Å². The molecule has 0 saturated heterocycles. The highest BCUT2D eigenvalue weighted by Crippen LogP contribution is 2.38. The number of unbranched alkanes of at least 4 members (excludes halogenated alkanes) is 2. The van der Waals surface area contributed by atoms with Crippen LogP contribution in [0.4, 0.5) is 11.4 Å². The minimum Gasteiger partial charge on any atom is -0.487 e. The molecule has 3 heteroatoms. The van der Waals surface area contributed by atoms with Crippen LogP contribution in [0.25, 0.3) is 0 Å². The number of para-hydroxylation sites is 1. The number of rotatable bonds is 4. The van der Waals surface area contributed by atoms with E-state index in [1.54, 1.807) is 0 Å². The molecule has 1 aromatic carbocycles. The zero-order valence-electron chi connectivity index (χ0n) is 10.8. The van der Waals surface area contributed by atoms with Gasteiger partial charge in [-0.3, -0.25) is 0 Å². The van der Waals surface area contributed by atoms with Crippen LogP contribution in [-0.4, -0.2) is 19.2 Å². The van der Waals surface area contributed by atoms with Crippen LogP contribution >= 0.6 is 0 Å². The summed E-state index contributed by atoms with van der Waals surface area (Å²) in [5, 5.41) is 0. The Labute approximate surface area is 104 Å². The molecule has 0 amide bonds. The van der Waals surface area contributed by atoms with E-state index in [0.29, 0.717) is 0 Å². The summed E-state index contributed by atoms with van der Waals surface area (Å²) in [6, 6.07) is 5.91. The van der Waals surface area contributed by atoms with Gasteiger partial charge in [0, 0.05) is 6.54 Å². The minimum absolute atomic E-state index is 0.242. The number of nitrogens with zero attached hydrogens (tertiary/aromatic N) is 1. The molecule has 0 radical (unpaired) electrons. The molecule has 2 N–H and O–H groups in total. The van der Waals surface area contributed by atoms with Gasteiger partial charge in [0.05, 0.1) is 12.2 Å². The van der Waals surface area contributed by atoms with Gasteiger partial charge < -0.3 is 15.4 Å². The number of benzene rings is 1. The van der Waals surface area contributed by atoms with Crippen molar-refractivity contribution < 1.29 is 4.74 Å². The molecule has 0 bridgehead atoms. The molecule has 1 aromatic rings. The molecule has 0 fully saturated rings. The summed E-state index contributed by atoms with van der Waals surface area (Å²) in [6.45, 7) is 6.34. The lowest BCUT2D eigenvalue weighted by molar-refractivity contribution is 0.212. The normalized spacial score (nSPS) is 18.7. The number of hydrogen-bond acceptors (Lipinski definition) is 3. The van der Waals surface area contributed by atoms with Crippen LogP contribution in [0.5, 0.6) is 5.75 Å². The maximum Gasteiger partial charge on any atom is 0.145 e. The van der Waals surface area contributed by atoms with E-state index in [2.05, 4.69) is 18.7 Å². The fourth-order valence-corrected chi connectivity index (χ4v) is 2.38. The number of fused-ring (bicyclic) bond motifs is 1. The second-order valence-electron chi connectivity index (χ2n) is 4.78. The third kappa shape index (κ3) is 2.65. The van der Waals surface area contributed by atoms with Gasteiger partial charge in [0.1, 0.15) is 17.5 Å². The average molecular weight is 234 g/mol. The smallest absolute Gasteiger partial charge is 0.145 e.